The highest BCUT2D eigenvalue weighted by Crippen LogP contribution is 2.35. The third-order valence-corrected chi connectivity index (χ3v) is 3.91. The van der Waals surface area contributed by atoms with Gasteiger partial charge in [0, 0.05) is 12.6 Å². The topological polar surface area (TPSA) is 43.8 Å². The predicted molar refractivity (Wildman–Crippen MR) is 64.5 cm³/mol. The van der Waals surface area contributed by atoms with Gasteiger partial charge < -0.3 is 5.73 Å². The smallest absolute Gasteiger partial charge is 0.0693 e. The monoisotopic (exact) mass is 271 g/mol. The first-order chi connectivity index (χ1) is 7.22. The molecule has 2 rings (SSSR count). The molecule has 15 heavy (non-hydrogen) atoms. The van der Waals surface area contributed by atoms with Gasteiger partial charge in [-0.2, -0.15) is 5.10 Å². The van der Waals surface area contributed by atoms with Crippen LogP contribution in [0.4, 0.5) is 0 Å². The minimum Gasteiger partial charge on any atom is -0.323 e. The minimum atomic E-state index is 0.132. The number of hydrogen-bond acceptors (Lipinski definition) is 2. The Morgan fingerprint density at radius 3 is 2.93 bits per heavy atom. The van der Waals surface area contributed by atoms with Crippen molar-refractivity contribution in [3.63, 3.8) is 0 Å². The van der Waals surface area contributed by atoms with Crippen molar-refractivity contribution in [1.29, 1.82) is 0 Å². The highest BCUT2D eigenvalue weighted by Gasteiger charge is 2.24. The summed E-state index contributed by atoms with van der Waals surface area (Å²) < 4.78 is 3.05. The van der Waals surface area contributed by atoms with Crippen LogP contribution in [0.25, 0.3) is 0 Å². The van der Waals surface area contributed by atoms with Crippen LogP contribution >= 0.6 is 15.9 Å². The summed E-state index contributed by atoms with van der Waals surface area (Å²) in [4.78, 5) is 0. The molecule has 84 valence electrons. The Kier molecular flexibility index (Phi) is 3.46. The van der Waals surface area contributed by atoms with Gasteiger partial charge in [-0.05, 0) is 35.2 Å². The normalized spacial score (nSPS) is 18.9. The molecule has 1 aromatic heterocycles. The number of rotatable bonds is 4. The predicted octanol–water partition coefficient (Wildman–Crippen LogP) is 2.86. The van der Waals surface area contributed by atoms with Crippen LogP contribution in [0.2, 0.25) is 0 Å². The molecule has 3 nitrogen and oxygen atoms in total. The van der Waals surface area contributed by atoms with Gasteiger partial charge in [0.15, 0.2) is 0 Å². The van der Waals surface area contributed by atoms with Crippen LogP contribution in [0.5, 0.6) is 0 Å². The Morgan fingerprint density at radius 1 is 1.67 bits per heavy atom. The van der Waals surface area contributed by atoms with E-state index in [2.05, 4.69) is 28.0 Å². The van der Waals surface area contributed by atoms with Gasteiger partial charge in [0.05, 0.1) is 16.4 Å². The fourth-order valence-electron chi connectivity index (χ4n) is 2.19. The van der Waals surface area contributed by atoms with Gasteiger partial charge in [0.2, 0.25) is 0 Å². The van der Waals surface area contributed by atoms with Gasteiger partial charge in [-0.1, -0.05) is 19.3 Å². The number of nitrogens with zero attached hydrogens (tertiary/aromatic N) is 2. The Labute approximate surface area is 99.2 Å². The van der Waals surface area contributed by atoms with E-state index < -0.39 is 0 Å². The summed E-state index contributed by atoms with van der Waals surface area (Å²) in [5.74, 6) is 0.840. The van der Waals surface area contributed by atoms with Crippen molar-refractivity contribution >= 4 is 15.9 Å². The molecule has 0 aliphatic heterocycles. The molecule has 1 atom stereocenters. The number of aryl methyl sites for hydroxylation is 1. The third kappa shape index (κ3) is 2.26. The van der Waals surface area contributed by atoms with Gasteiger partial charge >= 0.3 is 0 Å². The summed E-state index contributed by atoms with van der Waals surface area (Å²) in [6, 6.07) is 0.132. The van der Waals surface area contributed by atoms with Crippen LogP contribution in [0.1, 0.15) is 44.3 Å². The largest absolute Gasteiger partial charge is 0.323 e. The quantitative estimate of drug-likeness (QED) is 0.915. The molecule has 0 aromatic carbocycles. The summed E-state index contributed by atoms with van der Waals surface area (Å²) in [5.41, 5.74) is 7.39. The lowest BCUT2D eigenvalue weighted by atomic mass is 9.80. The van der Waals surface area contributed by atoms with Crippen molar-refractivity contribution in [2.45, 2.75) is 45.2 Å². The second kappa shape index (κ2) is 4.66. The van der Waals surface area contributed by atoms with Crippen LogP contribution < -0.4 is 5.73 Å². The Bertz CT molecular complexity index is 331. The fourth-order valence-corrected chi connectivity index (χ4v) is 2.78. The van der Waals surface area contributed by atoms with E-state index in [-0.39, 0.29) is 6.04 Å². The molecule has 1 aliphatic carbocycles. The highest BCUT2D eigenvalue weighted by molar-refractivity contribution is 9.10. The first-order valence-corrected chi connectivity index (χ1v) is 6.48. The summed E-state index contributed by atoms with van der Waals surface area (Å²) in [5, 5.41) is 4.30. The molecule has 1 heterocycles. The average molecular weight is 272 g/mol. The van der Waals surface area contributed by atoms with E-state index in [1.165, 1.54) is 19.3 Å². The van der Waals surface area contributed by atoms with Gasteiger partial charge in [-0.25, -0.2) is 0 Å². The number of hydrogen-bond donors (Lipinski definition) is 1. The molecule has 0 radical (unpaired) electrons. The molecule has 0 spiro atoms. The highest BCUT2D eigenvalue weighted by atomic mass is 79.9. The van der Waals surface area contributed by atoms with Crippen molar-refractivity contribution in [3.05, 3.63) is 16.4 Å². The summed E-state index contributed by atoms with van der Waals surface area (Å²) in [6.45, 7) is 2.98. The van der Waals surface area contributed by atoms with E-state index in [0.717, 1.165) is 29.1 Å². The first-order valence-electron chi connectivity index (χ1n) is 5.69. The second-order valence-corrected chi connectivity index (χ2v) is 5.19. The molecule has 0 saturated heterocycles. The second-order valence-electron chi connectivity index (χ2n) is 4.33. The molecule has 1 unspecified atom stereocenters. The van der Waals surface area contributed by atoms with Crippen LogP contribution in [0, 0.1) is 5.92 Å². The summed E-state index contributed by atoms with van der Waals surface area (Å²) in [7, 11) is 0. The number of halogens is 1. The molecule has 1 aliphatic rings. The molecule has 1 saturated carbocycles. The zero-order chi connectivity index (χ0) is 10.8. The fraction of sp³-hybridized carbons (Fsp3) is 0.727. The molecule has 0 amide bonds. The van der Waals surface area contributed by atoms with E-state index in [1.54, 1.807) is 0 Å². The number of aromatic nitrogens is 2. The first kappa shape index (κ1) is 11.1. The molecule has 4 heteroatoms. The van der Waals surface area contributed by atoms with Gasteiger partial charge in [0.1, 0.15) is 0 Å². The molecule has 2 N–H and O–H groups in total. The Balaban J connectivity index is 2.08. The maximum absolute atomic E-state index is 6.24. The van der Waals surface area contributed by atoms with Gasteiger partial charge in [-0.15, -0.1) is 0 Å². The van der Waals surface area contributed by atoms with Crippen molar-refractivity contribution in [2.24, 2.45) is 11.7 Å². The third-order valence-electron chi connectivity index (χ3n) is 3.30. The van der Waals surface area contributed by atoms with Crippen molar-refractivity contribution in [3.8, 4) is 0 Å². The van der Waals surface area contributed by atoms with Crippen molar-refractivity contribution in [2.75, 3.05) is 0 Å². The van der Waals surface area contributed by atoms with E-state index in [0.29, 0.717) is 0 Å². The SMILES string of the molecule is CCn1ncc(Br)c1C(N)CC1CCC1. The van der Waals surface area contributed by atoms with E-state index >= 15 is 0 Å². The maximum atomic E-state index is 6.24. The lowest BCUT2D eigenvalue weighted by Crippen LogP contribution is -2.22. The number of nitrogens with two attached hydrogens (primary N) is 1. The van der Waals surface area contributed by atoms with E-state index in [9.17, 15) is 0 Å². The van der Waals surface area contributed by atoms with Crippen molar-refractivity contribution < 1.29 is 0 Å². The molecule has 1 fully saturated rings. The van der Waals surface area contributed by atoms with Gasteiger partial charge in [-0.3, -0.25) is 4.68 Å². The maximum Gasteiger partial charge on any atom is 0.0693 e. The molecular formula is C11H18BrN3. The van der Waals surface area contributed by atoms with E-state index in [1.807, 2.05) is 10.9 Å². The lowest BCUT2D eigenvalue weighted by molar-refractivity contribution is 0.273. The van der Waals surface area contributed by atoms with Crippen LogP contribution in [0.15, 0.2) is 10.7 Å². The zero-order valence-electron chi connectivity index (χ0n) is 9.12. The molecule has 1 aromatic rings. The Morgan fingerprint density at radius 2 is 2.40 bits per heavy atom. The standard InChI is InChI=1S/C11H18BrN3/c1-2-15-11(9(12)7-14-15)10(13)6-8-4-3-5-8/h7-8,10H,2-6,13H2,1H3. The summed E-state index contributed by atoms with van der Waals surface area (Å²) >= 11 is 3.53. The lowest BCUT2D eigenvalue weighted by Gasteiger charge is -2.28. The summed E-state index contributed by atoms with van der Waals surface area (Å²) in [6.07, 6.45) is 7.03. The van der Waals surface area contributed by atoms with Gasteiger partial charge in [0.25, 0.3) is 0 Å². The van der Waals surface area contributed by atoms with Crippen LogP contribution in [0.3, 0.4) is 0 Å². The zero-order valence-corrected chi connectivity index (χ0v) is 10.7. The van der Waals surface area contributed by atoms with Crippen LogP contribution in [-0.2, 0) is 6.54 Å². The molecular weight excluding hydrogens is 254 g/mol. The van der Waals surface area contributed by atoms with Crippen LogP contribution in [-0.4, -0.2) is 9.78 Å². The Hall–Kier alpha value is -0.350. The van der Waals surface area contributed by atoms with Crippen molar-refractivity contribution in [1.82, 2.24) is 9.78 Å². The van der Waals surface area contributed by atoms with E-state index in [4.69, 9.17) is 5.73 Å². The minimum absolute atomic E-state index is 0.132. The molecule has 0 bridgehead atoms. The average Bonchev–Trinajstić information content (AvgIpc) is 2.53.